The van der Waals surface area contributed by atoms with Crippen LogP contribution in [0.3, 0.4) is 0 Å². The van der Waals surface area contributed by atoms with E-state index < -0.39 is 12.0 Å². The maximum Gasteiger partial charge on any atom is 0.338 e. The van der Waals surface area contributed by atoms with Gasteiger partial charge in [-0.25, -0.2) is 9.79 Å². The van der Waals surface area contributed by atoms with Gasteiger partial charge in [-0.1, -0.05) is 17.4 Å². The van der Waals surface area contributed by atoms with Crippen molar-refractivity contribution in [2.24, 2.45) is 4.99 Å². The molecule has 1 atom stereocenters. The van der Waals surface area contributed by atoms with Gasteiger partial charge in [0.25, 0.3) is 5.56 Å². The van der Waals surface area contributed by atoms with Gasteiger partial charge in [-0.05, 0) is 50.6 Å². The summed E-state index contributed by atoms with van der Waals surface area (Å²) < 4.78 is 13.5. The van der Waals surface area contributed by atoms with Crippen molar-refractivity contribution in [3.63, 3.8) is 0 Å². The van der Waals surface area contributed by atoms with Crippen LogP contribution in [0.5, 0.6) is 0 Å². The Morgan fingerprint density at radius 2 is 2.09 bits per heavy atom. The Kier molecular flexibility index (Phi) is 6.07. The van der Waals surface area contributed by atoms with Gasteiger partial charge in [0.2, 0.25) is 0 Å². The van der Waals surface area contributed by atoms with Crippen molar-refractivity contribution in [3.05, 3.63) is 71.2 Å². The molecule has 0 aromatic carbocycles. The molecule has 5 rings (SSSR count). The molecule has 1 unspecified atom stereocenters. The number of thiophene rings is 1. The molecule has 172 valence electrons. The fourth-order valence-electron chi connectivity index (χ4n) is 4.34. The maximum absolute atomic E-state index is 13.5. The summed E-state index contributed by atoms with van der Waals surface area (Å²) >= 11 is 2.81. The summed E-state index contributed by atoms with van der Waals surface area (Å²) in [6.07, 6.45) is 5.36. The van der Waals surface area contributed by atoms with Crippen LogP contribution < -0.4 is 19.8 Å². The molecule has 5 heterocycles. The highest BCUT2D eigenvalue weighted by atomic mass is 32.1. The Hall–Kier alpha value is -2.91. The average molecular weight is 484 g/mol. The van der Waals surface area contributed by atoms with Crippen molar-refractivity contribution >= 4 is 40.6 Å². The Morgan fingerprint density at radius 1 is 1.27 bits per heavy atom. The summed E-state index contributed by atoms with van der Waals surface area (Å²) in [7, 11) is 0. The number of anilines is 1. The summed E-state index contributed by atoms with van der Waals surface area (Å²) in [6.45, 7) is 5.80. The van der Waals surface area contributed by atoms with E-state index >= 15 is 0 Å². The number of piperidine rings is 1. The first-order chi connectivity index (χ1) is 16.1. The molecule has 0 saturated carbocycles. The second-order valence-electron chi connectivity index (χ2n) is 8.04. The molecule has 2 aliphatic rings. The van der Waals surface area contributed by atoms with E-state index in [0.29, 0.717) is 26.4 Å². The van der Waals surface area contributed by atoms with E-state index in [9.17, 15) is 9.59 Å². The number of rotatable bonds is 5. The lowest BCUT2D eigenvalue weighted by molar-refractivity contribution is -0.139. The number of esters is 1. The first kappa shape index (κ1) is 21.9. The van der Waals surface area contributed by atoms with Crippen molar-refractivity contribution in [1.82, 2.24) is 4.57 Å². The zero-order valence-corrected chi connectivity index (χ0v) is 20.2. The predicted octanol–water partition coefficient (Wildman–Crippen LogP) is 3.44. The summed E-state index contributed by atoms with van der Waals surface area (Å²) in [4.78, 5) is 34.6. The Balaban J connectivity index is 1.58. The van der Waals surface area contributed by atoms with Crippen molar-refractivity contribution in [1.29, 1.82) is 0 Å². The second-order valence-corrected chi connectivity index (χ2v) is 10.0. The monoisotopic (exact) mass is 483 g/mol. The molecule has 0 N–H and O–H groups in total. The minimum absolute atomic E-state index is 0.192. The van der Waals surface area contributed by atoms with E-state index in [4.69, 9.17) is 9.15 Å². The van der Waals surface area contributed by atoms with Gasteiger partial charge in [0.05, 0.1) is 22.4 Å². The zero-order chi connectivity index (χ0) is 22.9. The van der Waals surface area contributed by atoms with Crippen LogP contribution in [-0.4, -0.2) is 30.2 Å². The molecule has 1 fully saturated rings. The molecule has 7 nitrogen and oxygen atoms in total. The highest BCUT2D eigenvalue weighted by Crippen LogP contribution is 2.33. The highest BCUT2D eigenvalue weighted by Gasteiger charge is 2.33. The highest BCUT2D eigenvalue weighted by molar-refractivity contribution is 7.10. The van der Waals surface area contributed by atoms with Crippen molar-refractivity contribution < 1.29 is 13.9 Å². The van der Waals surface area contributed by atoms with Gasteiger partial charge in [0, 0.05) is 30.1 Å². The third-order valence-corrected chi connectivity index (χ3v) is 7.79. The van der Waals surface area contributed by atoms with Crippen molar-refractivity contribution in [2.75, 3.05) is 24.6 Å². The fourth-order valence-corrected chi connectivity index (χ4v) is 6.19. The third kappa shape index (κ3) is 4.11. The standard InChI is InChI=1S/C24H25N3O4S2/c1-3-30-23(29)20-15(2)25-24-27(21(20)17-8-7-13-32-17)22(28)18(33-24)14-16-9-10-19(31-16)26-11-5-4-6-12-26/h7-10,13-14,21H,3-6,11-12H2,1-2H3. The number of ether oxygens (including phenoxy) is 1. The van der Waals surface area contributed by atoms with Gasteiger partial charge in [0.15, 0.2) is 10.7 Å². The number of nitrogens with zero attached hydrogens (tertiary/aromatic N) is 3. The number of hydrogen-bond acceptors (Lipinski definition) is 8. The number of carbonyl (C=O) groups is 1. The number of furan rings is 1. The van der Waals surface area contributed by atoms with Crippen LogP contribution in [0.4, 0.5) is 5.88 Å². The van der Waals surface area contributed by atoms with Crippen LogP contribution in [0, 0.1) is 0 Å². The van der Waals surface area contributed by atoms with Crippen molar-refractivity contribution in [2.45, 2.75) is 39.2 Å². The molecule has 0 bridgehead atoms. The molecule has 3 aromatic heterocycles. The molecule has 0 aliphatic carbocycles. The lowest BCUT2D eigenvalue weighted by Gasteiger charge is -2.25. The van der Waals surface area contributed by atoms with Crippen LogP contribution in [0.1, 0.15) is 49.8 Å². The molecule has 9 heteroatoms. The van der Waals surface area contributed by atoms with E-state index in [0.717, 1.165) is 23.9 Å². The maximum atomic E-state index is 13.5. The summed E-state index contributed by atoms with van der Waals surface area (Å²) in [6, 6.07) is 7.16. The quantitative estimate of drug-likeness (QED) is 0.520. The Labute approximate surface area is 198 Å². The summed E-state index contributed by atoms with van der Waals surface area (Å²) in [5, 5.41) is 1.94. The molecule has 2 aliphatic heterocycles. The van der Waals surface area contributed by atoms with Crippen LogP contribution in [0.2, 0.25) is 0 Å². The first-order valence-corrected chi connectivity index (χ1v) is 12.8. The van der Waals surface area contributed by atoms with Gasteiger partial charge in [0.1, 0.15) is 11.8 Å². The zero-order valence-electron chi connectivity index (χ0n) is 18.6. The number of carbonyl (C=O) groups excluding carboxylic acids is 1. The number of aromatic nitrogens is 1. The van der Waals surface area contributed by atoms with E-state index in [1.165, 1.54) is 41.9 Å². The van der Waals surface area contributed by atoms with Gasteiger partial charge in [-0.3, -0.25) is 9.36 Å². The van der Waals surface area contributed by atoms with Gasteiger partial charge in [-0.2, -0.15) is 0 Å². The predicted molar refractivity (Wildman–Crippen MR) is 129 cm³/mol. The number of fused-ring (bicyclic) bond motifs is 1. The van der Waals surface area contributed by atoms with Gasteiger partial charge in [-0.15, -0.1) is 11.3 Å². The smallest absolute Gasteiger partial charge is 0.338 e. The molecule has 0 spiro atoms. The number of thiazole rings is 1. The lowest BCUT2D eigenvalue weighted by atomic mass is 10.0. The van der Waals surface area contributed by atoms with Crippen LogP contribution in [0.25, 0.3) is 6.08 Å². The molecule has 3 aromatic rings. The topological polar surface area (TPSA) is 77.0 Å². The van der Waals surface area contributed by atoms with Crippen LogP contribution in [-0.2, 0) is 9.53 Å². The third-order valence-electron chi connectivity index (χ3n) is 5.88. The molecule has 1 saturated heterocycles. The molecular formula is C24H25N3O4S2. The molecular weight excluding hydrogens is 458 g/mol. The molecule has 33 heavy (non-hydrogen) atoms. The second kappa shape index (κ2) is 9.15. The minimum Gasteiger partial charge on any atom is -0.463 e. The summed E-state index contributed by atoms with van der Waals surface area (Å²) in [5.74, 6) is 1.03. The Morgan fingerprint density at radius 3 is 2.82 bits per heavy atom. The Bertz CT molecular complexity index is 1370. The molecule has 0 amide bonds. The minimum atomic E-state index is -0.553. The average Bonchev–Trinajstić information content (AvgIpc) is 3.56. The largest absolute Gasteiger partial charge is 0.463 e. The van der Waals surface area contributed by atoms with E-state index in [-0.39, 0.29) is 12.2 Å². The van der Waals surface area contributed by atoms with Crippen LogP contribution in [0.15, 0.2) is 55.1 Å². The van der Waals surface area contributed by atoms with Crippen molar-refractivity contribution in [3.8, 4) is 0 Å². The first-order valence-electron chi connectivity index (χ1n) is 11.1. The number of allylic oxidation sites excluding steroid dienone is 1. The van der Waals surface area contributed by atoms with Gasteiger partial charge >= 0.3 is 5.97 Å². The van der Waals surface area contributed by atoms with Gasteiger partial charge < -0.3 is 14.1 Å². The SMILES string of the molecule is CCOC(=O)C1=C(C)N=c2sc(=Cc3ccc(N4CCCCC4)o3)c(=O)n2C1c1cccs1. The molecule has 0 radical (unpaired) electrons. The fraction of sp³-hybridized carbons (Fsp3) is 0.375. The van der Waals surface area contributed by atoms with E-state index in [1.807, 2.05) is 29.6 Å². The summed E-state index contributed by atoms with van der Waals surface area (Å²) in [5.41, 5.74) is 0.788. The lowest BCUT2D eigenvalue weighted by Crippen LogP contribution is -2.39. The van der Waals surface area contributed by atoms with E-state index in [2.05, 4.69) is 9.89 Å². The van der Waals surface area contributed by atoms with Crippen LogP contribution >= 0.6 is 22.7 Å². The van der Waals surface area contributed by atoms with E-state index in [1.54, 1.807) is 24.5 Å². The number of hydrogen-bond donors (Lipinski definition) is 0. The normalized spacial score (nSPS) is 18.9.